The van der Waals surface area contributed by atoms with Gasteiger partial charge in [-0.25, -0.2) is 8.42 Å². The van der Waals surface area contributed by atoms with E-state index in [1.54, 1.807) is 29.2 Å². The lowest BCUT2D eigenvalue weighted by Crippen LogP contribution is -2.52. The van der Waals surface area contributed by atoms with Crippen molar-refractivity contribution in [2.75, 3.05) is 17.1 Å². The van der Waals surface area contributed by atoms with Gasteiger partial charge in [0.25, 0.3) is 0 Å². The number of amides is 2. The predicted octanol–water partition coefficient (Wildman–Crippen LogP) is 6.20. The molecule has 220 valence electrons. The van der Waals surface area contributed by atoms with E-state index >= 15 is 0 Å². The van der Waals surface area contributed by atoms with Gasteiger partial charge in [-0.2, -0.15) is 0 Å². The number of carbonyl (C=O) groups is 2. The molecule has 0 aromatic heterocycles. The van der Waals surface area contributed by atoms with Crippen LogP contribution in [0.2, 0.25) is 5.02 Å². The number of benzene rings is 3. The smallest absolute Gasteiger partial charge is 0.243 e. The standard InChI is InChI=1S/C31H37BrClN3O4S/c1-4-23(2)34-31(38)29(20-24-10-6-5-7-11-24)35(22-25-15-17-26(32)18-16-25)30(37)14-9-19-36(41(3,39)40)28-13-8-12-27(33)21-28/h5-8,10-13,15-18,21,23,29H,4,9,14,19-20,22H2,1-3H3,(H,34,38). The highest BCUT2D eigenvalue weighted by molar-refractivity contribution is 9.10. The third kappa shape index (κ3) is 10.2. The van der Waals surface area contributed by atoms with Crippen LogP contribution in [0.4, 0.5) is 5.69 Å². The zero-order valence-corrected chi connectivity index (χ0v) is 26.8. The number of hydrogen-bond donors (Lipinski definition) is 1. The lowest BCUT2D eigenvalue weighted by atomic mass is 10.0. The van der Waals surface area contributed by atoms with Crippen molar-refractivity contribution in [1.29, 1.82) is 0 Å². The van der Waals surface area contributed by atoms with Gasteiger partial charge in [-0.3, -0.25) is 13.9 Å². The van der Waals surface area contributed by atoms with Gasteiger partial charge in [0.2, 0.25) is 21.8 Å². The van der Waals surface area contributed by atoms with E-state index in [4.69, 9.17) is 11.6 Å². The Bertz CT molecular complexity index is 1400. The van der Waals surface area contributed by atoms with Gasteiger partial charge in [-0.05, 0) is 61.2 Å². The molecule has 2 atom stereocenters. The Balaban J connectivity index is 1.89. The van der Waals surface area contributed by atoms with Crippen molar-refractivity contribution in [2.24, 2.45) is 0 Å². The molecule has 2 amide bonds. The van der Waals surface area contributed by atoms with Crippen molar-refractivity contribution in [3.63, 3.8) is 0 Å². The summed E-state index contributed by atoms with van der Waals surface area (Å²) in [4.78, 5) is 29.1. The third-order valence-electron chi connectivity index (χ3n) is 6.79. The number of halogens is 2. The van der Waals surface area contributed by atoms with Gasteiger partial charge in [0, 0.05) is 41.5 Å². The molecule has 0 fully saturated rings. The molecule has 0 radical (unpaired) electrons. The quantitative estimate of drug-likeness (QED) is 0.223. The van der Waals surface area contributed by atoms with Gasteiger partial charge in [0.15, 0.2) is 0 Å². The third-order valence-corrected chi connectivity index (χ3v) is 8.74. The number of nitrogens with zero attached hydrogens (tertiary/aromatic N) is 2. The minimum absolute atomic E-state index is 0.0496. The van der Waals surface area contributed by atoms with E-state index in [0.29, 0.717) is 17.1 Å². The molecule has 0 bridgehead atoms. The van der Waals surface area contributed by atoms with E-state index in [1.807, 2.05) is 68.4 Å². The van der Waals surface area contributed by atoms with E-state index in [-0.39, 0.29) is 43.8 Å². The minimum Gasteiger partial charge on any atom is -0.352 e. The first-order valence-electron chi connectivity index (χ1n) is 13.6. The molecule has 0 aliphatic rings. The van der Waals surface area contributed by atoms with Gasteiger partial charge in [-0.1, -0.05) is 83.0 Å². The van der Waals surface area contributed by atoms with E-state index in [0.717, 1.165) is 28.3 Å². The Kier molecular flexibility index (Phi) is 12.2. The summed E-state index contributed by atoms with van der Waals surface area (Å²) in [6, 6.07) is 23.1. The fourth-order valence-corrected chi connectivity index (χ4v) is 5.82. The lowest BCUT2D eigenvalue weighted by Gasteiger charge is -2.32. The van der Waals surface area contributed by atoms with Crippen LogP contribution in [0.5, 0.6) is 0 Å². The predicted molar refractivity (Wildman–Crippen MR) is 169 cm³/mol. The molecule has 3 aromatic rings. The summed E-state index contributed by atoms with van der Waals surface area (Å²) in [5.41, 5.74) is 2.26. The fraction of sp³-hybridized carbons (Fsp3) is 0.355. The molecule has 7 nitrogen and oxygen atoms in total. The molecule has 0 saturated carbocycles. The molecule has 0 aliphatic heterocycles. The Morgan fingerprint density at radius 1 is 0.976 bits per heavy atom. The lowest BCUT2D eigenvalue weighted by molar-refractivity contribution is -0.141. The summed E-state index contributed by atoms with van der Waals surface area (Å²) in [6.45, 7) is 4.27. The molecule has 0 saturated heterocycles. The van der Waals surface area contributed by atoms with Gasteiger partial charge in [0.1, 0.15) is 6.04 Å². The molecule has 3 rings (SSSR count). The average molecular weight is 663 g/mol. The number of carbonyl (C=O) groups excluding carboxylic acids is 2. The molecule has 41 heavy (non-hydrogen) atoms. The SMILES string of the molecule is CCC(C)NC(=O)C(Cc1ccccc1)N(Cc1ccc(Br)cc1)C(=O)CCCN(c1cccc(Cl)c1)S(C)(=O)=O. The molecular formula is C31H37BrClN3O4S. The number of nitrogens with one attached hydrogen (secondary N) is 1. The van der Waals surface area contributed by atoms with E-state index < -0.39 is 16.1 Å². The first kappa shape index (κ1) is 32.6. The maximum atomic E-state index is 13.9. The number of hydrogen-bond acceptors (Lipinski definition) is 4. The van der Waals surface area contributed by atoms with Crippen LogP contribution in [0.3, 0.4) is 0 Å². The maximum Gasteiger partial charge on any atom is 0.243 e. The van der Waals surface area contributed by atoms with Crippen LogP contribution in [-0.4, -0.2) is 50.0 Å². The molecule has 0 spiro atoms. The van der Waals surface area contributed by atoms with E-state index in [2.05, 4.69) is 21.2 Å². The van der Waals surface area contributed by atoms with Crippen molar-refractivity contribution in [3.8, 4) is 0 Å². The first-order valence-corrected chi connectivity index (χ1v) is 16.6. The molecule has 10 heteroatoms. The summed E-state index contributed by atoms with van der Waals surface area (Å²) in [6.07, 6.45) is 2.56. The van der Waals surface area contributed by atoms with Gasteiger partial charge < -0.3 is 10.2 Å². The highest BCUT2D eigenvalue weighted by atomic mass is 79.9. The van der Waals surface area contributed by atoms with Crippen LogP contribution >= 0.6 is 27.5 Å². The largest absolute Gasteiger partial charge is 0.352 e. The highest BCUT2D eigenvalue weighted by Crippen LogP contribution is 2.23. The normalized spacial score (nSPS) is 12.8. The fourth-order valence-electron chi connectivity index (χ4n) is 4.42. The second-order valence-electron chi connectivity index (χ2n) is 10.1. The Labute approximate surface area is 257 Å². The maximum absolute atomic E-state index is 13.9. The van der Waals surface area contributed by atoms with Crippen molar-refractivity contribution in [1.82, 2.24) is 10.2 Å². The molecule has 0 heterocycles. The number of anilines is 1. The number of rotatable bonds is 14. The summed E-state index contributed by atoms with van der Waals surface area (Å²) in [5, 5.41) is 3.48. The monoisotopic (exact) mass is 661 g/mol. The van der Waals surface area contributed by atoms with Crippen LogP contribution in [-0.2, 0) is 32.6 Å². The van der Waals surface area contributed by atoms with Gasteiger partial charge in [-0.15, -0.1) is 0 Å². The zero-order valence-electron chi connectivity index (χ0n) is 23.6. The van der Waals surface area contributed by atoms with E-state index in [1.165, 1.54) is 4.31 Å². The summed E-state index contributed by atoms with van der Waals surface area (Å²) < 4.78 is 27.3. The zero-order chi connectivity index (χ0) is 30.0. The van der Waals surface area contributed by atoms with Crippen molar-refractivity contribution >= 4 is 55.1 Å². The van der Waals surface area contributed by atoms with Crippen LogP contribution in [0.15, 0.2) is 83.3 Å². The second-order valence-corrected chi connectivity index (χ2v) is 13.3. The summed E-state index contributed by atoms with van der Waals surface area (Å²) >= 11 is 9.56. The van der Waals surface area contributed by atoms with Crippen LogP contribution < -0.4 is 9.62 Å². The Hall–Kier alpha value is -2.88. The van der Waals surface area contributed by atoms with Crippen LogP contribution in [0, 0.1) is 0 Å². The summed E-state index contributed by atoms with van der Waals surface area (Å²) in [5.74, 6) is -0.446. The molecule has 3 aromatic carbocycles. The topological polar surface area (TPSA) is 86.8 Å². The average Bonchev–Trinajstić information content (AvgIpc) is 2.93. The van der Waals surface area contributed by atoms with Crippen molar-refractivity contribution in [2.45, 2.75) is 58.2 Å². The Morgan fingerprint density at radius 3 is 2.27 bits per heavy atom. The minimum atomic E-state index is -3.61. The van der Waals surface area contributed by atoms with Crippen molar-refractivity contribution in [3.05, 3.63) is 99.5 Å². The van der Waals surface area contributed by atoms with Gasteiger partial charge >= 0.3 is 0 Å². The van der Waals surface area contributed by atoms with Crippen LogP contribution in [0.25, 0.3) is 0 Å². The second kappa shape index (κ2) is 15.4. The Morgan fingerprint density at radius 2 is 1.66 bits per heavy atom. The van der Waals surface area contributed by atoms with Crippen molar-refractivity contribution < 1.29 is 18.0 Å². The molecule has 0 aliphatic carbocycles. The molecule has 2 unspecified atom stereocenters. The number of sulfonamides is 1. The molecule has 1 N–H and O–H groups in total. The van der Waals surface area contributed by atoms with Gasteiger partial charge in [0.05, 0.1) is 11.9 Å². The van der Waals surface area contributed by atoms with Crippen LogP contribution in [0.1, 0.15) is 44.2 Å². The first-order chi connectivity index (χ1) is 19.5. The highest BCUT2D eigenvalue weighted by Gasteiger charge is 2.31. The summed E-state index contributed by atoms with van der Waals surface area (Å²) in [7, 11) is -3.61. The van der Waals surface area contributed by atoms with E-state index in [9.17, 15) is 18.0 Å². The molecular weight excluding hydrogens is 626 g/mol.